The largest absolute Gasteiger partial charge is 0.457 e. The van der Waals surface area contributed by atoms with Gasteiger partial charge in [0.15, 0.2) is 0 Å². The highest BCUT2D eigenvalue weighted by atomic mass is 35.5. The van der Waals surface area contributed by atoms with Crippen LogP contribution in [0.15, 0.2) is 48.5 Å². The molecule has 0 radical (unpaired) electrons. The molecule has 0 aromatic heterocycles. The topological polar surface area (TPSA) is 12.5 Å². The Morgan fingerprint density at radius 2 is 1.24 bits per heavy atom. The molecule has 2 aromatic carbocycles. The van der Waals surface area contributed by atoms with Crippen LogP contribution in [0.3, 0.4) is 0 Å². The SMILES string of the molecule is Cl.Cl.c1ccc2c(c1)Oc1ccccc1C2N1CCCC1. The van der Waals surface area contributed by atoms with Crippen molar-refractivity contribution >= 4 is 24.8 Å². The lowest BCUT2D eigenvalue weighted by molar-refractivity contribution is 0.261. The van der Waals surface area contributed by atoms with Crippen LogP contribution in [-0.4, -0.2) is 18.0 Å². The first-order chi connectivity index (χ1) is 9.43. The molecule has 0 spiro atoms. The first-order valence-corrected chi connectivity index (χ1v) is 7.03. The lowest BCUT2D eigenvalue weighted by Gasteiger charge is -2.34. The molecule has 2 heterocycles. The van der Waals surface area contributed by atoms with Crippen LogP contribution in [0.5, 0.6) is 11.5 Å². The third-order valence-corrected chi connectivity index (χ3v) is 4.15. The molecule has 2 aromatic rings. The predicted octanol–water partition coefficient (Wildman–Crippen LogP) is 4.82. The second-order valence-electron chi connectivity index (χ2n) is 5.32. The molecule has 0 N–H and O–H groups in total. The maximum absolute atomic E-state index is 6.04. The number of hydrogen-bond donors (Lipinski definition) is 0. The zero-order valence-electron chi connectivity index (χ0n) is 11.7. The second kappa shape index (κ2) is 6.69. The van der Waals surface area contributed by atoms with Gasteiger partial charge in [0.05, 0.1) is 6.04 Å². The fraction of sp³-hybridized carbons (Fsp3) is 0.294. The molecule has 0 amide bonds. The Morgan fingerprint density at radius 3 is 1.76 bits per heavy atom. The number of fused-ring (bicyclic) bond motifs is 2. The molecule has 0 bridgehead atoms. The van der Waals surface area contributed by atoms with E-state index in [1.807, 2.05) is 12.1 Å². The van der Waals surface area contributed by atoms with Gasteiger partial charge in [0, 0.05) is 11.1 Å². The van der Waals surface area contributed by atoms with E-state index in [2.05, 4.69) is 41.3 Å². The molecular formula is C17H19Cl2NO. The minimum atomic E-state index is 0. The first-order valence-electron chi connectivity index (χ1n) is 7.03. The maximum atomic E-state index is 6.04. The van der Waals surface area contributed by atoms with E-state index in [1.54, 1.807) is 0 Å². The predicted molar refractivity (Wildman–Crippen MR) is 90.1 cm³/mol. The van der Waals surface area contributed by atoms with Crippen LogP contribution in [0.1, 0.15) is 30.0 Å². The molecule has 1 fully saturated rings. The molecule has 2 aliphatic rings. The standard InChI is InChI=1S/C17H17NO.2ClH/c1-3-9-15-13(7-1)17(18-11-5-6-12-18)14-8-2-4-10-16(14)19-15;;/h1-4,7-10,17H,5-6,11-12H2;2*1H. The lowest BCUT2D eigenvalue weighted by Crippen LogP contribution is -2.28. The van der Waals surface area contributed by atoms with Gasteiger partial charge in [-0.3, -0.25) is 4.90 Å². The zero-order valence-corrected chi connectivity index (χ0v) is 13.3. The van der Waals surface area contributed by atoms with Crippen LogP contribution in [0.2, 0.25) is 0 Å². The van der Waals surface area contributed by atoms with Crippen molar-refractivity contribution in [2.24, 2.45) is 0 Å². The maximum Gasteiger partial charge on any atom is 0.132 e. The van der Waals surface area contributed by atoms with Crippen LogP contribution < -0.4 is 4.74 Å². The Balaban J connectivity index is 0.000000807. The molecule has 0 unspecified atom stereocenters. The fourth-order valence-electron chi connectivity index (χ4n) is 3.28. The number of ether oxygens (including phenoxy) is 1. The van der Waals surface area contributed by atoms with Crippen molar-refractivity contribution in [3.8, 4) is 11.5 Å². The molecule has 2 aliphatic heterocycles. The average Bonchev–Trinajstić information content (AvgIpc) is 2.98. The quantitative estimate of drug-likeness (QED) is 0.745. The summed E-state index contributed by atoms with van der Waals surface area (Å²) in [6.07, 6.45) is 2.61. The van der Waals surface area contributed by atoms with Gasteiger partial charge in [0.25, 0.3) is 0 Å². The number of rotatable bonds is 1. The highest BCUT2D eigenvalue weighted by Crippen LogP contribution is 2.46. The molecule has 4 heteroatoms. The van der Waals surface area contributed by atoms with Crippen molar-refractivity contribution in [2.45, 2.75) is 18.9 Å². The van der Waals surface area contributed by atoms with E-state index in [1.165, 1.54) is 37.1 Å². The van der Waals surface area contributed by atoms with Crippen LogP contribution in [0.25, 0.3) is 0 Å². The molecule has 0 saturated carbocycles. The summed E-state index contributed by atoms with van der Waals surface area (Å²) in [5.41, 5.74) is 2.62. The Bertz CT molecular complexity index is 566. The van der Waals surface area contributed by atoms with E-state index >= 15 is 0 Å². The number of para-hydroxylation sites is 2. The molecule has 21 heavy (non-hydrogen) atoms. The van der Waals surface area contributed by atoms with Gasteiger partial charge in [-0.25, -0.2) is 0 Å². The van der Waals surface area contributed by atoms with Gasteiger partial charge in [-0.1, -0.05) is 36.4 Å². The summed E-state index contributed by atoms with van der Waals surface area (Å²) in [4.78, 5) is 2.58. The normalized spacial score (nSPS) is 17.0. The van der Waals surface area contributed by atoms with E-state index in [-0.39, 0.29) is 24.8 Å². The van der Waals surface area contributed by atoms with Gasteiger partial charge in [-0.2, -0.15) is 0 Å². The smallest absolute Gasteiger partial charge is 0.132 e. The van der Waals surface area contributed by atoms with Crippen molar-refractivity contribution in [3.63, 3.8) is 0 Å². The van der Waals surface area contributed by atoms with Crippen molar-refractivity contribution < 1.29 is 4.74 Å². The minimum absolute atomic E-state index is 0. The summed E-state index contributed by atoms with van der Waals surface area (Å²) in [6.45, 7) is 2.38. The summed E-state index contributed by atoms with van der Waals surface area (Å²) in [7, 11) is 0. The van der Waals surface area contributed by atoms with Crippen LogP contribution in [0.4, 0.5) is 0 Å². The zero-order chi connectivity index (χ0) is 12.7. The number of halogens is 2. The monoisotopic (exact) mass is 323 g/mol. The Labute approximate surface area is 137 Å². The average molecular weight is 324 g/mol. The first kappa shape index (κ1) is 16.2. The van der Waals surface area contributed by atoms with E-state index in [9.17, 15) is 0 Å². The van der Waals surface area contributed by atoms with Crippen molar-refractivity contribution in [1.29, 1.82) is 0 Å². The van der Waals surface area contributed by atoms with Gasteiger partial charge < -0.3 is 4.74 Å². The van der Waals surface area contributed by atoms with Gasteiger partial charge in [0.1, 0.15) is 11.5 Å². The van der Waals surface area contributed by atoms with Crippen molar-refractivity contribution in [2.75, 3.05) is 13.1 Å². The number of likely N-dealkylation sites (tertiary alicyclic amines) is 1. The van der Waals surface area contributed by atoms with Crippen LogP contribution >= 0.6 is 24.8 Å². The fourth-order valence-corrected chi connectivity index (χ4v) is 3.28. The molecule has 0 aliphatic carbocycles. The van der Waals surface area contributed by atoms with E-state index in [0.717, 1.165) is 11.5 Å². The Morgan fingerprint density at radius 1 is 0.762 bits per heavy atom. The van der Waals surface area contributed by atoms with E-state index in [0.29, 0.717) is 6.04 Å². The van der Waals surface area contributed by atoms with Crippen LogP contribution in [-0.2, 0) is 0 Å². The Kier molecular flexibility index (Phi) is 5.15. The molecule has 0 atom stereocenters. The summed E-state index contributed by atoms with van der Waals surface area (Å²) < 4.78 is 6.04. The molecule has 112 valence electrons. The highest BCUT2D eigenvalue weighted by molar-refractivity contribution is 5.85. The summed E-state index contributed by atoms with van der Waals surface area (Å²) in [6, 6.07) is 17.2. The van der Waals surface area contributed by atoms with Gasteiger partial charge in [0.2, 0.25) is 0 Å². The van der Waals surface area contributed by atoms with Crippen molar-refractivity contribution in [1.82, 2.24) is 4.90 Å². The second-order valence-corrected chi connectivity index (χ2v) is 5.32. The molecule has 4 rings (SSSR count). The number of benzene rings is 2. The van der Waals surface area contributed by atoms with Gasteiger partial charge in [-0.05, 0) is 38.1 Å². The third kappa shape index (κ3) is 2.76. The summed E-state index contributed by atoms with van der Waals surface area (Å²) in [5.74, 6) is 2.02. The van der Waals surface area contributed by atoms with Gasteiger partial charge >= 0.3 is 0 Å². The van der Waals surface area contributed by atoms with E-state index < -0.39 is 0 Å². The third-order valence-electron chi connectivity index (χ3n) is 4.15. The minimum Gasteiger partial charge on any atom is -0.457 e. The highest BCUT2D eigenvalue weighted by Gasteiger charge is 2.32. The van der Waals surface area contributed by atoms with Crippen LogP contribution in [0, 0.1) is 0 Å². The molecular weight excluding hydrogens is 305 g/mol. The van der Waals surface area contributed by atoms with Crippen molar-refractivity contribution in [3.05, 3.63) is 59.7 Å². The number of nitrogens with zero attached hydrogens (tertiary/aromatic N) is 1. The molecule has 1 saturated heterocycles. The van der Waals surface area contributed by atoms with E-state index in [4.69, 9.17) is 4.74 Å². The Hall–Kier alpha value is -1.22. The lowest BCUT2D eigenvalue weighted by atomic mass is 9.93. The summed E-state index contributed by atoms with van der Waals surface area (Å²) >= 11 is 0. The summed E-state index contributed by atoms with van der Waals surface area (Å²) in [5, 5.41) is 0. The molecule has 2 nitrogen and oxygen atoms in total. The number of hydrogen-bond acceptors (Lipinski definition) is 2. The van der Waals surface area contributed by atoms with Gasteiger partial charge in [-0.15, -0.1) is 24.8 Å².